The normalized spacial score (nSPS) is 18.0. The molecule has 2 aromatic rings. The fourth-order valence-corrected chi connectivity index (χ4v) is 3.13. The quantitative estimate of drug-likeness (QED) is 0.672. The summed E-state index contributed by atoms with van der Waals surface area (Å²) in [5, 5.41) is 23.2. The van der Waals surface area contributed by atoms with E-state index in [-0.39, 0.29) is 12.6 Å². The number of halogens is 1. The van der Waals surface area contributed by atoms with Gasteiger partial charge in [-0.3, -0.25) is 0 Å². The Morgan fingerprint density at radius 1 is 1.30 bits per heavy atom. The number of nitrogens with one attached hydrogen (secondary N) is 1. The van der Waals surface area contributed by atoms with Crippen molar-refractivity contribution in [2.45, 2.75) is 31.6 Å². The molecule has 1 aliphatic rings. The van der Waals surface area contributed by atoms with Gasteiger partial charge < -0.3 is 25.0 Å². The first-order valence-corrected chi connectivity index (χ1v) is 9.12. The average Bonchev–Trinajstić information content (AvgIpc) is 2.65. The van der Waals surface area contributed by atoms with Crippen LogP contribution in [0.4, 0.5) is 0 Å². The van der Waals surface area contributed by atoms with Crippen LogP contribution in [0, 0.1) is 0 Å². The Labute approximate surface area is 162 Å². The summed E-state index contributed by atoms with van der Waals surface area (Å²) < 4.78 is 10.9. The Hall–Kier alpha value is -2.28. The summed E-state index contributed by atoms with van der Waals surface area (Å²) in [6, 6.07) is 12.8. The summed E-state index contributed by atoms with van der Waals surface area (Å²) in [4.78, 5) is 11.0. The summed E-state index contributed by atoms with van der Waals surface area (Å²) in [5.41, 5.74) is 1.80. The van der Waals surface area contributed by atoms with Gasteiger partial charge >= 0.3 is 5.97 Å². The number of aliphatic carboxylic acids is 1. The van der Waals surface area contributed by atoms with Crippen LogP contribution in [0.3, 0.4) is 0 Å². The predicted molar refractivity (Wildman–Crippen MR) is 102 cm³/mol. The molecule has 0 fully saturated rings. The third-order valence-electron chi connectivity index (χ3n) is 4.38. The molecule has 0 saturated carbocycles. The van der Waals surface area contributed by atoms with Crippen LogP contribution in [0.25, 0.3) is 0 Å². The first-order chi connectivity index (χ1) is 12.9. The zero-order chi connectivity index (χ0) is 19.4. The molecule has 2 unspecified atom stereocenters. The van der Waals surface area contributed by atoms with Crippen molar-refractivity contribution in [3.05, 3.63) is 58.6 Å². The fourth-order valence-electron chi connectivity index (χ4n) is 2.93. The first kappa shape index (κ1) is 19.5. The van der Waals surface area contributed by atoms with E-state index < -0.39 is 18.2 Å². The molecular formula is C20H22ClNO5. The monoisotopic (exact) mass is 391 g/mol. The fraction of sp³-hybridized carbons (Fsp3) is 0.350. The van der Waals surface area contributed by atoms with Crippen molar-refractivity contribution in [3.8, 4) is 11.5 Å². The molecule has 0 saturated heterocycles. The van der Waals surface area contributed by atoms with Crippen molar-refractivity contribution in [1.29, 1.82) is 0 Å². The Balaban J connectivity index is 1.54. The van der Waals surface area contributed by atoms with E-state index in [1.165, 1.54) is 0 Å². The van der Waals surface area contributed by atoms with Crippen LogP contribution in [0.1, 0.15) is 24.2 Å². The van der Waals surface area contributed by atoms with Crippen molar-refractivity contribution < 1.29 is 24.5 Å². The van der Waals surface area contributed by atoms with E-state index in [1.807, 2.05) is 31.2 Å². The second-order valence-electron chi connectivity index (χ2n) is 6.62. The zero-order valence-corrected chi connectivity index (χ0v) is 15.6. The molecule has 3 atom stereocenters. The van der Waals surface area contributed by atoms with Gasteiger partial charge in [0.2, 0.25) is 6.10 Å². The van der Waals surface area contributed by atoms with Crippen LogP contribution >= 0.6 is 11.6 Å². The van der Waals surface area contributed by atoms with Crippen molar-refractivity contribution in [3.63, 3.8) is 0 Å². The standard InChI is InChI=1S/C20H22ClNO5/c1-12(22-10-16(23)14-3-2-4-15(21)9-14)7-13-5-6-17-18(8-13)26-11-19(27-17)20(24)25/h2-6,8-9,12,16,19,22-23H,7,10-11H2,1H3,(H,24,25)/t12?,16-,19?/m1/s1. The number of ether oxygens (including phenoxy) is 2. The highest BCUT2D eigenvalue weighted by atomic mass is 35.5. The summed E-state index contributed by atoms with van der Waals surface area (Å²) in [7, 11) is 0. The lowest BCUT2D eigenvalue weighted by Gasteiger charge is -2.24. The first-order valence-electron chi connectivity index (χ1n) is 8.74. The zero-order valence-electron chi connectivity index (χ0n) is 14.9. The highest BCUT2D eigenvalue weighted by Gasteiger charge is 2.27. The molecule has 27 heavy (non-hydrogen) atoms. The lowest BCUT2D eigenvalue weighted by Crippen LogP contribution is -2.36. The van der Waals surface area contributed by atoms with Crippen molar-refractivity contribution in [2.75, 3.05) is 13.2 Å². The van der Waals surface area contributed by atoms with Gasteiger partial charge in [0.1, 0.15) is 6.61 Å². The maximum Gasteiger partial charge on any atom is 0.348 e. The summed E-state index contributed by atoms with van der Waals surface area (Å²) in [5.74, 6) is -0.0497. The van der Waals surface area contributed by atoms with E-state index in [2.05, 4.69) is 5.32 Å². The highest BCUT2D eigenvalue weighted by molar-refractivity contribution is 6.30. The van der Waals surface area contributed by atoms with E-state index in [1.54, 1.807) is 18.2 Å². The molecule has 1 aliphatic heterocycles. The Bertz CT molecular complexity index is 813. The molecule has 3 N–H and O–H groups in total. The third kappa shape index (κ3) is 5.13. The molecule has 0 aromatic heterocycles. The van der Waals surface area contributed by atoms with Crippen LogP contribution in [-0.4, -0.2) is 41.5 Å². The number of carboxylic acids is 1. The molecule has 0 amide bonds. The minimum atomic E-state index is -1.04. The second kappa shape index (κ2) is 8.61. The number of aliphatic hydroxyl groups excluding tert-OH is 1. The van der Waals surface area contributed by atoms with Gasteiger partial charge in [-0.05, 0) is 48.7 Å². The van der Waals surface area contributed by atoms with Gasteiger partial charge in [-0.15, -0.1) is 0 Å². The molecule has 0 aliphatic carbocycles. The highest BCUT2D eigenvalue weighted by Crippen LogP contribution is 2.33. The average molecular weight is 392 g/mol. The minimum absolute atomic E-state index is 0.00851. The molecular weight excluding hydrogens is 370 g/mol. The van der Waals surface area contributed by atoms with Crippen LogP contribution in [-0.2, 0) is 11.2 Å². The van der Waals surface area contributed by atoms with Crippen molar-refractivity contribution >= 4 is 17.6 Å². The molecule has 7 heteroatoms. The number of rotatable bonds is 7. The largest absolute Gasteiger partial charge is 0.485 e. The number of aliphatic hydroxyl groups is 1. The van der Waals surface area contributed by atoms with Gasteiger partial charge in [-0.2, -0.15) is 0 Å². The Morgan fingerprint density at radius 2 is 2.11 bits per heavy atom. The SMILES string of the molecule is CC(Cc1ccc2c(c1)OCC(C(=O)O)O2)NC[C@@H](O)c1cccc(Cl)c1. The van der Waals surface area contributed by atoms with Gasteiger partial charge in [0, 0.05) is 17.6 Å². The number of benzene rings is 2. The van der Waals surface area contributed by atoms with Gasteiger partial charge in [0.15, 0.2) is 11.5 Å². The third-order valence-corrected chi connectivity index (χ3v) is 4.61. The number of carbonyl (C=O) groups is 1. The van der Waals surface area contributed by atoms with E-state index in [9.17, 15) is 9.90 Å². The molecule has 0 bridgehead atoms. The van der Waals surface area contributed by atoms with E-state index in [0.29, 0.717) is 23.1 Å². The van der Waals surface area contributed by atoms with E-state index in [4.69, 9.17) is 26.2 Å². The van der Waals surface area contributed by atoms with Crippen LogP contribution < -0.4 is 14.8 Å². The van der Waals surface area contributed by atoms with Crippen molar-refractivity contribution in [2.24, 2.45) is 0 Å². The molecule has 2 aromatic carbocycles. The number of hydrogen-bond acceptors (Lipinski definition) is 5. The number of carboxylic acid groups (broad SMARTS) is 1. The second-order valence-corrected chi connectivity index (χ2v) is 7.06. The number of fused-ring (bicyclic) bond motifs is 1. The summed E-state index contributed by atoms with van der Waals surface area (Å²) in [6.07, 6.45) is -0.891. The predicted octanol–water partition coefficient (Wildman–Crippen LogP) is 2.82. The molecule has 144 valence electrons. The van der Waals surface area contributed by atoms with E-state index >= 15 is 0 Å². The van der Waals surface area contributed by atoms with Crippen LogP contribution in [0.5, 0.6) is 11.5 Å². The molecule has 0 radical (unpaired) electrons. The lowest BCUT2D eigenvalue weighted by atomic mass is 10.0. The maximum atomic E-state index is 11.0. The van der Waals surface area contributed by atoms with Crippen LogP contribution in [0.15, 0.2) is 42.5 Å². The van der Waals surface area contributed by atoms with Gasteiger partial charge in [0.05, 0.1) is 6.10 Å². The lowest BCUT2D eigenvalue weighted by molar-refractivity contribution is -0.147. The summed E-state index contributed by atoms with van der Waals surface area (Å²) >= 11 is 5.96. The van der Waals surface area contributed by atoms with Gasteiger partial charge in [-0.1, -0.05) is 29.8 Å². The molecule has 6 nitrogen and oxygen atoms in total. The topological polar surface area (TPSA) is 88.0 Å². The van der Waals surface area contributed by atoms with Crippen molar-refractivity contribution in [1.82, 2.24) is 5.32 Å². The van der Waals surface area contributed by atoms with Gasteiger partial charge in [0.25, 0.3) is 0 Å². The van der Waals surface area contributed by atoms with E-state index in [0.717, 1.165) is 17.5 Å². The Kier molecular flexibility index (Phi) is 6.21. The van der Waals surface area contributed by atoms with Crippen LogP contribution in [0.2, 0.25) is 5.02 Å². The minimum Gasteiger partial charge on any atom is -0.485 e. The van der Waals surface area contributed by atoms with Gasteiger partial charge in [-0.25, -0.2) is 4.79 Å². The smallest absolute Gasteiger partial charge is 0.348 e. The number of hydrogen-bond donors (Lipinski definition) is 3. The summed E-state index contributed by atoms with van der Waals surface area (Å²) in [6.45, 7) is 2.43. The Morgan fingerprint density at radius 3 is 2.85 bits per heavy atom. The molecule has 0 spiro atoms. The molecule has 3 rings (SSSR count). The maximum absolute atomic E-state index is 11.0. The molecule has 1 heterocycles.